The maximum Gasteiger partial charge on any atom is 0.251 e. The van der Waals surface area contributed by atoms with Gasteiger partial charge in [-0.05, 0) is 49.4 Å². The molecule has 1 aromatic carbocycles. The maximum absolute atomic E-state index is 12.1. The van der Waals surface area contributed by atoms with E-state index in [4.69, 9.17) is 21.1 Å². The fourth-order valence-electron chi connectivity index (χ4n) is 3.73. The summed E-state index contributed by atoms with van der Waals surface area (Å²) in [5, 5.41) is 10.8. The molecular formula is C23H33ClN4O3. The number of H-pyrrole nitrogens is 1. The van der Waals surface area contributed by atoms with E-state index in [0.717, 1.165) is 50.3 Å². The van der Waals surface area contributed by atoms with E-state index in [1.165, 1.54) is 0 Å². The van der Waals surface area contributed by atoms with Crippen molar-refractivity contribution < 1.29 is 14.3 Å². The van der Waals surface area contributed by atoms with Crippen molar-refractivity contribution in [3.63, 3.8) is 0 Å². The average molecular weight is 449 g/mol. The summed E-state index contributed by atoms with van der Waals surface area (Å²) in [6, 6.07) is 7.35. The van der Waals surface area contributed by atoms with Gasteiger partial charge in [0.15, 0.2) is 0 Å². The van der Waals surface area contributed by atoms with Gasteiger partial charge in [-0.2, -0.15) is 5.10 Å². The number of carbonyl (C=O) groups is 1. The third-order valence-electron chi connectivity index (χ3n) is 5.31. The summed E-state index contributed by atoms with van der Waals surface area (Å²) in [5.74, 6) is 1.06. The summed E-state index contributed by atoms with van der Waals surface area (Å²) in [7, 11) is 1.60. The number of halogens is 1. The summed E-state index contributed by atoms with van der Waals surface area (Å²) < 4.78 is 11.1. The van der Waals surface area contributed by atoms with Crippen LogP contribution in [0.25, 0.3) is 0 Å². The minimum Gasteiger partial charge on any atom is -0.489 e. The highest BCUT2D eigenvalue weighted by atomic mass is 35.5. The average Bonchev–Trinajstić information content (AvgIpc) is 3.17. The van der Waals surface area contributed by atoms with Crippen molar-refractivity contribution in [2.45, 2.75) is 45.8 Å². The van der Waals surface area contributed by atoms with Crippen molar-refractivity contribution in [3.8, 4) is 5.75 Å². The van der Waals surface area contributed by atoms with Crippen LogP contribution >= 0.6 is 11.6 Å². The fraction of sp³-hybridized carbons (Fsp3) is 0.565. The van der Waals surface area contributed by atoms with Gasteiger partial charge in [0, 0.05) is 44.5 Å². The van der Waals surface area contributed by atoms with Crippen molar-refractivity contribution in [1.29, 1.82) is 0 Å². The molecule has 0 unspecified atom stereocenters. The van der Waals surface area contributed by atoms with Gasteiger partial charge in [0.2, 0.25) is 0 Å². The number of aromatic amines is 1. The van der Waals surface area contributed by atoms with Gasteiger partial charge in [0.1, 0.15) is 11.9 Å². The van der Waals surface area contributed by atoms with E-state index in [-0.39, 0.29) is 12.0 Å². The number of piperidine rings is 1. The third kappa shape index (κ3) is 7.23. The van der Waals surface area contributed by atoms with Gasteiger partial charge in [0.05, 0.1) is 17.3 Å². The molecular weight excluding hydrogens is 416 g/mol. The van der Waals surface area contributed by atoms with E-state index in [1.807, 2.05) is 0 Å². The lowest BCUT2D eigenvalue weighted by Crippen LogP contribution is -2.37. The molecule has 1 aliphatic rings. The first-order valence-corrected chi connectivity index (χ1v) is 11.3. The number of likely N-dealkylation sites (tertiary alicyclic amines) is 1. The Morgan fingerprint density at radius 2 is 2.10 bits per heavy atom. The lowest BCUT2D eigenvalue weighted by atomic mass is 10.1. The van der Waals surface area contributed by atoms with Gasteiger partial charge in [-0.15, -0.1) is 0 Å². The second-order valence-corrected chi connectivity index (χ2v) is 8.88. The number of nitrogens with one attached hydrogen (secondary N) is 2. The third-order valence-corrected chi connectivity index (χ3v) is 5.60. The molecule has 8 heteroatoms. The highest BCUT2D eigenvalue weighted by Gasteiger charge is 2.22. The van der Waals surface area contributed by atoms with Crippen molar-refractivity contribution in [3.05, 3.63) is 46.2 Å². The van der Waals surface area contributed by atoms with Crippen LogP contribution in [-0.2, 0) is 17.7 Å². The van der Waals surface area contributed by atoms with Gasteiger partial charge in [-0.25, -0.2) is 0 Å². The molecule has 2 heterocycles. The predicted molar refractivity (Wildman–Crippen MR) is 122 cm³/mol. The molecule has 0 aliphatic carbocycles. The second kappa shape index (κ2) is 11.5. The Morgan fingerprint density at radius 1 is 1.32 bits per heavy atom. The SMILES string of the molecule is COCCNC(=O)c1ccc(OC2CCN(Cc3cc(CC(C)C)n[nH]3)CC2)c(Cl)c1. The lowest BCUT2D eigenvalue weighted by molar-refractivity contribution is 0.0935. The number of methoxy groups -OCH3 is 1. The van der Waals surface area contributed by atoms with E-state index in [0.29, 0.717) is 35.4 Å². The van der Waals surface area contributed by atoms with Crippen LogP contribution in [0.15, 0.2) is 24.3 Å². The minimum atomic E-state index is -0.172. The zero-order valence-corrected chi connectivity index (χ0v) is 19.4. The first-order chi connectivity index (χ1) is 14.9. The molecule has 1 saturated heterocycles. The van der Waals surface area contributed by atoms with Crippen LogP contribution in [0.1, 0.15) is 48.4 Å². The van der Waals surface area contributed by atoms with Gasteiger partial charge < -0.3 is 14.8 Å². The Labute approximate surface area is 189 Å². The lowest BCUT2D eigenvalue weighted by Gasteiger charge is -2.32. The number of amides is 1. The molecule has 2 N–H and O–H groups in total. The van der Waals surface area contributed by atoms with Crippen molar-refractivity contribution in [2.75, 3.05) is 33.4 Å². The van der Waals surface area contributed by atoms with Crippen LogP contribution < -0.4 is 10.1 Å². The number of aromatic nitrogens is 2. The predicted octanol–water partition coefficient (Wildman–Crippen LogP) is 3.68. The van der Waals surface area contributed by atoms with Crippen LogP contribution in [-0.4, -0.2) is 60.5 Å². The number of ether oxygens (including phenoxy) is 2. The first-order valence-electron chi connectivity index (χ1n) is 10.9. The molecule has 0 saturated carbocycles. The van der Waals surface area contributed by atoms with Gasteiger partial charge in [0.25, 0.3) is 5.91 Å². The normalized spacial score (nSPS) is 15.4. The topological polar surface area (TPSA) is 79.5 Å². The number of rotatable bonds is 10. The molecule has 170 valence electrons. The molecule has 1 fully saturated rings. The zero-order valence-electron chi connectivity index (χ0n) is 18.6. The summed E-state index contributed by atoms with van der Waals surface area (Å²) in [5.41, 5.74) is 2.81. The molecule has 3 rings (SSSR count). The van der Waals surface area contributed by atoms with E-state index < -0.39 is 0 Å². The Morgan fingerprint density at radius 3 is 2.77 bits per heavy atom. The number of hydrogen-bond acceptors (Lipinski definition) is 5. The monoisotopic (exact) mass is 448 g/mol. The minimum absolute atomic E-state index is 0.119. The Bertz CT molecular complexity index is 847. The van der Waals surface area contributed by atoms with E-state index in [2.05, 4.69) is 40.3 Å². The Hall–Kier alpha value is -2.09. The molecule has 1 aromatic heterocycles. The Kier molecular flexibility index (Phi) is 8.75. The molecule has 7 nitrogen and oxygen atoms in total. The standard InChI is InChI=1S/C23H33ClN4O3/c1-16(2)12-18-14-19(27-26-18)15-28-9-6-20(7-10-28)31-22-5-4-17(13-21(22)24)23(29)25-8-11-30-3/h4-5,13-14,16,20H,6-12,15H2,1-3H3,(H,25,29)(H,26,27). The molecule has 0 radical (unpaired) electrons. The fourth-order valence-corrected chi connectivity index (χ4v) is 3.95. The maximum atomic E-state index is 12.1. The van der Waals surface area contributed by atoms with Crippen molar-refractivity contribution >= 4 is 17.5 Å². The summed E-state index contributed by atoms with van der Waals surface area (Å²) >= 11 is 6.38. The summed E-state index contributed by atoms with van der Waals surface area (Å²) in [6.45, 7) is 8.14. The van der Waals surface area contributed by atoms with E-state index in [1.54, 1.807) is 25.3 Å². The van der Waals surface area contributed by atoms with E-state index in [9.17, 15) is 4.79 Å². The van der Waals surface area contributed by atoms with Gasteiger partial charge in [-0.3, -0.25) is 14.8 Å². The van der Waals surface area contributed by atoms with Crippen molar-refractivity contribution in [2.24, 2.45) is 5.92 Å². The molecule has 0 bridgehead atoms. The highest BCUT2D eigenvalue weighted by Crippen LogP contribution is 2.28. The molecule has 0 atom stereocenters. The number of hydrogen-bond donors (Lipinski definition) is 2. The van der Waals surface area contributed by atoms with E-state index >= 15 is 0 Å². The first kappa shape index (κ1) is 23.6. The van der Waals surface area contributed by atoms with Crippen LogP contribution in [0.5, 0.6) is 5.75 Å². The molecule has 1 aliphatic heterocycles. The van der Waals surface area contributed by atoms with Crippen LogP contribution in [0, 0.1) is 5.92 Å². The quantitative estimate of drug-likeness (QED) is 0.542. The number of nitrogens with zero attached hydrogens (tertiary/aromatic N) is 2. The Balaban J connectivity index is 1.46. The second-order valence-electron chi connectivity index (χ2n) is 8.47. The smallest absolute Gasteiger partial charge is 0.251 e. The zero-order chi connectivity index (χ0) is 22.2. The van der Waals surface area contributed by atoms with Crippen molar-refractivity contribution in [1.82, 2.24) is 20.4 Å². The van der Waals surface area contributed by atoms with Gasteiger partial charge >= 0.3 is 0 Å². The van der Waals surface area contributed by atoms with Gasteiger partial charge in [-0.1, -0.05) is 25.4 Å². The molecule has 2 aromatic rings. The summed E-state index contributed by atoms with van der Waals surface area (Å²) in [6.07, 6.45) is 2.99. The molecule has 1 amide bonds. The summed E-state index contributed by atoms with van der Waals surface area (Å²) in [4.78, 5) is 14.6. The molecule has 0 spiro atoms. The number of benzene rings is 1. The largest absolute Gasteiger partial charge is 0.489 e. The van der Waals surface area contributed by atoms with Crippen LogP contribution in [0.4, 0.5) is 0 Å². The highest BCUT2D eigenvalue weighted by molar-refractivity contribution is 6.32. The molecule has 31 heavy (non-hydrogen) atoms. The van der Waals surface area contributed by atoms with Crippen LogP contribution in [0.2, 0.25) is 5.02 Å². The van der Waals surface area contributed by atoms with Crippen LogP contribution in [0.3, 0.4) is 0 Å². The number of carbonyl (C=O) groups excluding carboxylic acids is 1.